The van der Waals surface area contributed by atoms with Crippen LogP contribution in [-0.4, -0.2) is 23.2 Å². The van der Waals surface area contributed by atoms with Gasteiger partial charge in [0.1, 0.15) is 0 Å². The minimum Gasteiger partial charge on any atom is -0.397 e. The molecule has 1 amide bonds. The zero-order valence-electron chi connectivity index (χ0n) is 11.8. The second kappa shape index (κ2) is 8.32. The van der Waals surface area contributed by atoms with E-state index in [1.807, 2.05) is 24.3 Å². The van der Waals surface area contributed by atoms with E-state index in [9.17, 15) is 4.79 Å². The molecule has 2 rings (SSSR count). The first kappa shape index (κ1) is 15.4. The fourth-order valence-corrected chi connectivity index (χ4v) is 2.51. The molecule has 0 saturated heterocycles. The summed E-state index contributed by atoms with van der Waals surface area (Å²) in [6.07, 6.45) is 3.52. The molecule has 0 unspecified atom stereocenters. The molecule has 1 aromatic heterocycles. The number of carbonyl (C=O) groups excluding carboxylic acids is 1. The number of hydrogen-bond acceptors (Lipinski definition) is 4. The first-order valence-electron chi connectivity index (χ1n) is 6.89. The van der Waals surface area contributed by atoms with Crippen LogP contribution in [-0.2, 0) is 11.2 Å². The van der Waals surface area contributed by atoms with Crippen LogP contribution in [0.2, 0.25) is 0 Å². The highest BCUT2D eigenvalue weighted by atomic mass is 32.2. The number of nitrogens with zero attached hydrogens (tertiary/aromatic N) is 1. The minimum atomic E-state index is 0.0340. The average molecular weight is 301 g/mol. The number of benzene rings is 1. The van der Waals surface area contributed by atoms with Crippen LogP contribution in [0, 0.1) is 0 Å². The maximum atomic E-state index is 11.7. The smallest absolute Gasteiger partial charge is 0.230 e. The molecule has 0 spiro atoms. The summed E-state index contributed by atoms with van der Waals surface area (Å²) in [4.78, 5) is 15.9. The van der Waals surface area contributed by atoms with Crippen molar-refractivity contribution >= 4 is 23.4 Å². The summed E-state index contributed by atoms with van der Waals surface area (Å²) in [6, 6.07) is 13.9. The number of pyridine rings is 1. The first-order valence-corrected chi connectivity index (χ1v) is 7.87. The van der Waals surface area contributed by atoms with E-state index in [4.69, 9.17) is 5.73 Å². The summed E-state index contributed by atoms with van der Waals surface area (Å²) in [6.45, 7) is 0.698. The van der Waals surface area contributed by atoms with Gasteiger partial charge in [0.25, 0.3) is 0 Å². The lowest BCUT2D eigenvalue weighted by atomic mass is 10.1. The fourth-order valence-electron chi connectivity index (χ4n) is 1.83. The molecule has 0 atom stereocenters. The largest absolute Gasteiger partial charge is 0.397 e. The lowest BCUT2D eigenvalue weighted by Gasteiger charge is -2.05. The Morgan fingerprint density at radius 3 is 2.71 bits per heavy atom. The molecule has 0 aliphatic rings. The van der Waals surface area contributed by atoms with Crippen LogP contribution in [0.1, 0.15) is 12.0 Å². The van der Waals surface area contributed by atoms with Crippen molar-refractivity contribution in [3.05, 3.63) is 54.2 Å². The van der Waals surface area contributed by atoms with E-state index in [-0.39, 0.29) is 5.91 Å². The topological polar surface area (TPSA) is 68.0 Å². The molecule has 1 heterocycles. The van der Waals surface area contributed by atoms with E-state index < -0.39 is 0 Å². The standard InChI is InChI=1S/C16H19N3OS/c17-14-8-9-16(19-11-14)21-12-15(20)18-10-4-7-13-5-2-1-3-6-13/h1-3,5-6,8-9,11H,4,7,10,12,17H2,(H,18,20). The summed E-state index contributed by atoms with van der Waals surface area (Å²) in [5.41, 5.74) is 7.49. The average Bonchev–Trinajstić information content (AvgIpc) is 2.52. The van der Waals surface area contributed by atoms with Gasteiger partial charge in [0.05, 0.1) is 22.7 Å². The molecule has 3 N–H and O–H groups in total. The Labute approximate surface area is 129 Å². The molecule has 110 valence electrons. The minimum absolute atomic E-state index is 0.0340. The van der Waals surface area contributed by atoms with Gasteiger partial charge in [-0.15, -0.1) is 0 Å². The van der Waals surface area contributed by atoms with Crippen molar-refractivity contribution in [1.29, 1.82) is 0 Å². The Morgan fingerprint density at radius 1 is 1.19 bits per heavy atom. The van der Waals surface area contributed by atoms with Crippen molar-refractivity contribution in [2.45, 2.75) is 17.9 Å². The molecule has 21 heavy (non-hydrogen) atoms. The Bertz CT molecular complexity index is 557. The van der Waals surface area contributed by atoms with Gasteiger partial charge >= 0.3 is 0 Å². The molecule has 0 aliphatic carbocycles. The number of nitrogens with two attached hydrogens (primary N) is 1. The summed E-state index contributed by atoms with van der Waals surface area (Å²) in [7, 11) is 0. The molecular formula is C16H19N3OS. The molecule has 2 aromatic rings. The van der Waals surface area contributed by atoms with Crippen molar-refractivity contribution in [2.24, 2.45) is 0 Å². The van der Waals surface area contributed by atoms with Gasteiger partial charge in [-0.05, 0) is 30.5 Å². The van der Waals surface area contributed by atoms with Gasteiger partial charge in [-0.2, -0.15) is 0 Å². The third kappa shape index (κ3) is 5.87. The van der Waals surface area contributed by atoms with E-state index in [1.54, 1.807) is 12.3 Å². The zero-order valence-corrected chi connectivity index (χ0v) is 12.6. The van der Waals surface area contributed by atoms with Crippen LogP contribution in [0.25, 0.3) is 0 Å². The Hall–Kier alpha value is -2.01. The third-order valence-corrected chi connectivity index (χ3v) is 3.86. The Kier molecular flexibility index (Phi) is 6.09. The Balaban J connectivity index is 1.60. The molecule has 5 heteroatoms. The van der Waals surface area contributed by atoms with E-state index in [1.165, 1.54) is 17.3 Å². The van der Waals surface area contributed by atoms with Crippen molar-refractivity contribution in [3.8, 4) is 0 Å². The van der Waals surface area contributed by atoms with Gasteiger partial charge in [-0.25, -0.2) is 4.98 Å². The number of anilines is 1. The normalized spacial score (nSPS) is 10.3. The molecule has 0 radical (unpaired) electrons. The van der Waals surface area contributed by atoms with Gasteiger partial charge < -0.3 is 11.1 Å². The fraction of sp³-hybridized carbons (Fsp3) is 0.250. The number of nitrogens with one attached hydrogen (secondary N) is 1. The van der Waals surface area contributed by atoms with Gasteiger partial charge in [0.15, 0.2) is 0 Å². The number of hydrogen-bond donors (Lipinski definition) is 2. The molecule has 0 aliphatic heterocycles. The number of carbonyl (C=O) groups is 1. The molecule has 4 nitrogen and oxygen atoms in total. The molecular weight excluding hydrogens is 282 g/mol. The van der Waals surface area contributed by atoms with Crippen LogP contribution < -0.4 is 11.1 Å². The van der Waals surface area contributed by atoms with E-state index in [0.717, 1.165) is 17.9 Å². The van der Waals surface area contributed by atoms with E-state index in [0.29, 0.717) is 18.0 Å². The van der Waals surface area contributed by atoms with Crippen LogP contribution in [0.3, 0.4) is 0 Å². The first-order chi connectivity index (χ1) is 10.2. The highest BCUT2D eigenvalue weighted by molar-refractivity contribution is 7.99. The Morgan fingerprint density at radius 2 is 2.00 bits per heavy atom. The van der Waals surface area contributed by atoms with Crippen molar-refractivity contribution in [2.75, 3.05) is 18.0 Å². The summed E-state index contributed by atoms with van der Waals surface area (Å²) in [5, 5.41) is 3.73. The van der Waals surface area contributed by atoms with Crippen LogP contribution in [0.5, 0.6) is 0 Å². The van der Waals surface area contributed by atoms with Crippen molar-refractivity contribution < 1.29 is 4.79 Å². The quantitative estimate of drug-likeness (QED) is 0.609. The van der Waals surface area contributed by atoms with Crippen LogP contribution in [0.15, 0.2) is 53.7 Å². The number of aryl methyl sites for hydroxylation is 1. The van der Waals surface area contributed by atoms with Crippen molar-refractivity contribution in [3.63, 3.8) is 0 Å². The number of aromatic nitrogens is 1. The van der Waals surface area contributed by atoms with Gasteiger partial charge in [-0.3, -0.25) is 4.79 Å². The van der Waals surface area contributed by atoms with Crippen molar-refractivity contribution in [1.82, 2.24) is 10.3 Å². The number of thioether (sulfide) groups is 1. The predicted octanol–water partition coefficient (Wildman–Crippen LogP) is 2.50. The predicted molar refractivity (Wildman–Crippen MR) is 87.1 cm³/mol. The lowest BCUT2D eigenvalue weighted by Crippen LogP contribution is -2.26. The van der Waals surface area contributed by atoms with E-state index >= 15 is 0 Å². The maximum Gasteiger partial charge on any atom is 0.230 e. The van der Waals surface area contributed by atoms with Crippen LogP contribution >= 0.6 is 11.8 Å². The van der Waals surface area contributed by atoms with E-state index in [2.05, 4.69) is 22.4 Å². The third-order valence-electron chi connectivity index (χ3n) is 2.92. The second-order valence-electron chi connectivity index (χ2n) is 4.66. The van der Waals surface area contributed by atoms with Gasteiger partial charge in [-0.1, -0.05) is 42.1 Å². The number of nitrogen functional groups attached to an aromatic ring is 1. The maximum absolute atomic E-state index is 11.7. The van der Waals surface area contributed by atoms with Gasteiger partial charge in [0.2, 0.25) is 5.91 Å². The molecule has 0 saturated carbocycles. The SMILES string of the molecule is Nc1ccc(SCC(=O)NCCCc2ccccc2)nc1. The summed E-state index contributed by atoms with van der Waals surface area (Å²) >= 11 is 1.41. The summed E-state index contributed by atoms with van der Waals surface area (Å²) < 4.78 is 0. The number of rotatable bonds is 7. The second-order valence-corrected chi connectivity index (χ2v) is 5.65. The highest BCUT2D eigenvalue weighted by Crippen LogP contribution is 2.15. The molecule has 0 fully saturated rings. The zero-order chi connectivity index (χ0) is 14.9. The molecule has 1 aromatic carbocycles. The number of amides is 1. The van der Waals surface area contributed by atoms with Gasteiger partial charge in [0, 0.05) is 6.54 Å². The lowest BCUT2D eigenvalue weighted by molar-refractivity contribution is -0.118. The van der Waals surface area contributed by atoms with Crippen LogP contribution in [0.4, 0.5) is 5.69 Å². The highest BCUT2D eigenvalue weighted by Gasteiger charge is 2.03. The summed E-state index contributed by atoms with van der Waals surface area (Å²) in [5.74, 6) is 0.411. The monoisotopic (exact) mass is 301 g/mol. The molecule has 0 bridgehead atoms.